The Morgan fingerprint density at radius 1 is 1.36 bits per heavy atom. The second kappa shape index (κ2) is 6.39. The number of halogens is 1. The molecule has 1 saturated heterocycles. The summed E-state index contributed by atoms with van der Waals surface area (Å²) in [6.45, 7) is 2.48. The zero-order valence-corrected chi connectivity index (χ0v) is 14.6. The Kier molecular flexibility index (Phi) is 4.30. The van der Waals surface area contributed by atoms with Crippen LogP contribution in [0.3, 0.4) is 0 Å². The number of hydrogen-bond acceptors (Lipinski definition) is 6. The van der Waals surface area contributed by atoms with E-state index < -0.39 is 0 Å². The van der Waals surface area contributed by atoms with E-state index >= 15 is 0 Å². The van der Waals surface area contributed by atoms with Crippen LogP contribution in [-0.4, -0.2) is 40.3 Å². The molecule has 1 aliphatic heterocycles. The Hall–Kier alpha value is -0.760. The zero-order chi connectivity index (χ0) is 14.9. The van der Waals surface area contributed by atoms with E-state index in [1.165, 1.54) is 25.7 Å². The standard InChI is InChI=1S/C15H18BrN3O2S/c16-10-7-13(22-9-10)15-17-14(21-18-15)8-19-5-6-20-12-4-2-1-3-11(12)19/h7,9,11-12H,1-6,8H2/t11-,12+/m1/s1. The molecule has 4 rings (SSSR count). The monoisotopic (exact) mass is 383 g/mol. The van der Waals surface area contributed by atoms with E-state index in [0.29, 0.717) is 23.9 Å². The Labute approximate surface area is 141 Å². The quantitative estimate of drug-likeness (QED) is 0.808. The number of morpholine rings is 1. The third-order valence-corrected chi connectivity index (χ3v) is 6.13. The van der Waals surface area contributed by atoms with Crippen LogP contribution in [0.25, 0.3) is 10.7 Å². The molecule has 3 heterocycles. The summed E-state index contributed by atoms with van der Waals surface area (Å²) in [6.07, 6.45) is 5.35. The van der Waals surface area contributed by atoms with Crippen molar-refractivity contribution in [1.82, 2.24) is 15.0 Å². The average Bonchev–Trinajstić information content (AvgIpc) is 3.17. The molecule has 1 aliphatic carbocycles. The maximum Gasteiger partial charge on any atom is 0.241 e. The van der Waals surface area contributed by atoms with E-state index in [4.69, 9.17) is 9.26 Å². The van der Waals surface area contributed by atoms with Gasteiger partial charge in [0.05, 0.1) is 24.1 Å². The number of ether oxygens (including phenoxy) is 1. The molecule has 2 aromatic rings. The predicted octanol–water partition coefficient (Wildman–Crippen LogP) is 3.70. The molecule has 2 fully saturated rings. The molecule has 2 aromatic heterocycles. The van der Waals surface area contributed by atoms with Crippen molar-refractivity contribution < 1.29 is 9.26 Å². The molecule has 7 heteroatoms. The number of hydrogen-bond donors (Lipinski definition) is 0. The third kappa shape index (κ3) is 2.99. The second-order valence-electron chi connectivity index (χ2n) is 5.87. The molecular weight excluding hydrogens is 366 g/mol. The van der Waals surface area contributed by atoms with Crippen LogP contribution in [-0.2, 0) is 11.3 Å². The molecule has 5 nitrogen and oxygen atoms in total. The minimum absolute atomic E-state index is 0.387. The van der Waals surface area contributed by atoms with Crippen molar-refractivity contribution in [3.05, 3.63) is 21.8 Å². The van der Waals surface area contributed by atoms with Crippen molar-refractivity contribution in [3.63, 3.8) is 0 Å². The van der Waals surface area contributed by atoms with Gasteiger partial charge in [0.1, 0.15) is 0 Å². The van der Waals surface area contributed by atoms with Gasteiger partial charge in [-0.3, -0.25) is 4.90 Å². The molecule has 1 saturated carbocycles. The summed E-state index contributed by atoms with van der Waals surface area (Å²) in [4.78, 5) is 8.04. The lowest BCUT2D eigenvalue weighted by molar-refractivity contribution is -0.0933. The second-order valence-corrected chi connectivity index (χ2v) is 7.70. The highest BCUT2D eigenvalue weighted by atomic mass is 79.9. The molecule has 0 bridgehead atoms. The highest BCUT2D eigenvalue weighted by Gasteiger charge is 2.34. The fourth-order valence-electron chi connectivity index (χ4n) is 3.40. The van der Waals surface area contributed by atoms with Crippen molar-refractivity contribution in [2.24, 2.45) is 0 Å². The van der Waals surface area contributed by atoms with Gasteiger partial charge in [0, 0.05) is 22.4 Å². The smallest absolute Gasteiger partial charge is 0.241 e. The number of thiophene rings is 1. The van der Waals surface area contributed by atoms with Gasteiger partial charge < -0.3 is 9.26 Å². The van der Waals surface area contributed by atoms with Crippen LogP contribution < -0.4 is 0 Å². The SMILES string of the molecule is Brc1csc(-c2noc(CN3CCO[C@H]4CCCC[C@H]43)n2)c1. The van der Waals surface area contributed by atoms with E-state index in [1.54, 1.807) is 11.3 Å². The summed E-state index contributed by atoms with van der Waals surface area (Å²) in [5.74, 6) is 1.38. The van der Waals surface area contributed by atoms with Crippen molar-refractivity contribution in [3.8, 4) is 10.7 Å². The Morgan fingerprint density at radius 3 is 3.14 bits per heavy atom. The molecular formula is C15H18BrN3O2S. The third-order valence-electron chi connectivity index (χ3n) is 4.44. The topological polar surface area (TPSA) is 51.4 Å². The summed E-state index contributed by atoms with van der Waals surface area (Å²) in [5.41, 5.74) is 0. The minimum atomic E-state index is 0.387. The van der Waals surface area contributed by atoms with Crippen LogP contribution in [0.15, 0.2) is 20.4 Å². The average molecular weight is 384 g/mol. The first-order valence-electron chi connectivity index (χ1n) is 7.72. The van der Waals surface area contributed by atoms with E-state index in [9.17, 15) is 0 Å². The summed E-state index contributed by atoms with van der Waals surface area (Å²) in [7, 11) is 0. The number of nitrogens with zero attached hydrogens (tertiary/aromatic N) is 3. The molecule has 2 atom stereocenters. The lowest BCUT2D eigenvalue weighted by Crippen LogP contribution is -2.52. The number of rotatable bonds is 3. The highest BCUT2D eigenvalue weighted by molar-refractivity contribution is 9.10. The van der Waals surface area contributed by atoms with Gasteiger partial charge in [0.25, 0.3) is 0 Å². The van der Waals surface area contributed by atoms with E-state index in [0.717, 1.165) is 29.0 Å². The molecule has 2 aliphatic rings. The lowest BCUT2D eigenvalue weighted by Gasteiger charge is -2.43. The van der Waals surface area contributed by atoms with Gasteiger partial charge in [-0.15, -0.1) is 11.3 Å². The minimum Gasteiger partial charge on any atom is -0.375 e. The first kappa shape index (κ1) is 14.8. The van der Waals surface area contributed by atoms with Crippen LogP contribution in [0.1, 0.15) is 31.6 Å². The lowest BCUT2D eigenvalue weighted by atomic mass is 9.90. The first-order valence-corrected chi connectivity index (χ1v) is 9.39. The van der Waals surface area contributed by atoms with Gasteiger partial charge in [-0.05, 0) is 34.8 Å². The van der Waals surface area contributed by atoms with E-state index in [-0.39, 0.29) is 0 Å². The molecule has 0 amide bonds. The zero-order valence-electron chi connectivity index (χ0n) is 12.2. The summed E-state index contributed by atoms with van der Waals surface area (Å²) < 4.78 is 12.4. The van der Waals surface area contributed by atoms with Crippen LogP contribution in [0.5, 0.6) is 0 Å². The largest absolute Gasteiger partial charge is 0.375 e. The maximum absolute atomic E-state index is 5.92. The van der Waals surface area contributed by atoms with Gasteiger partial charge in [-0.25, -0.2) is 0 Å². The molecule has 0 radical (unpaired) electrons. The van der Waals surface area contributed by atoms with Gasteiger partial charge in [-0.1, -0.05) is 18.0 Å². The summed E-state index contributed by atoms with van der Waals surface area (Å²) in [6, 6.07) is 2.53. The number of aromatic nitrogens is 2. The van der Waals surface area contributed by atoms with Crippen LogP contribution in [0.2, 0.25) is 0 Å². The highest BCUT2D eigenvalue weighted by Crippen LogP contribution is 2.30. The van der Waals surface area contributed by atoms with E-state index in [1.807, 2.05) is 11.4 Å². The normalized spacial score (nSPS) is 26.0. The predicted molar refractivity (Wildman–Crippen MR) is 87.7 cm³/mol. The first-order chi connectivity index (χ1) is 10.8. The maximum atomic E-state index is 5.92. The molecule has 0 aromatic carbocycles. The van der Waals surface area contributed by atoms with Crippen LogP contribution in [0.4, 0.5) is 0 Å². The molecule has 118 valence electrons. The molecule has 0 unspecified atom stereocenters. The fraction of sp³-hybridized carbons (Fsp3) is 0.600. The van der Waals surface area contributed by atoms with Gasteiger partial charge in [0.15, 0.2) is 0 Å². The Balaban J connectivity index is 1.47. The summed E-state index contributed by atoms with van der Waals surface area (Å²) in [5, 5.41) is 6.14. The van der Waals surface area contributed by atoms with Gasteiger partial charge >= 0.3 is 0 Å². The molecule has 22 heavy (non-hydrogen) atoms. The molecule has 0 N–H and O–H groups in total. The van der Waals surface area contributed by atoms with Crippen molar-refractivity contribution in [2.45, 2.75) is 44.4 Å². The molecule has 0 spiro atoms. The fourth-order valence-corrected chi connectivity index (χ4v) is 4.75. The van der Waals surface area contributed by atoms with Gasteiger partial charge in [-0.2, -0.15) is 4.98 Å². The van der Waals surface area contributed by atoms with Crippen molar-refractivity contribution >= 4 is 27.3 Å². The van der Waals surface area contributed by atoms with Crippen molar-refractivity contribution in [2.75, 3.05) is 13.2 Å². The van der Waals surface area contributed by atoms with E-state index in [2.05, 4.69) is 31.0 Å². The van der Waals surface area contributed by atoms with Crippen LogP contribution >= 0.6 is 27.3 Å². The van der Waals surface area contributed by atoms with Crippen molar-refractivity contribution in [1.29, 1.82) is 0 Å². The number of fused-ring (bicyclic) bond motifs is 1. The van der Waals surface area contributed by atoms with Gasteiger partial charge in [0.2, 0.25) is 11.7 Å². The Bertz CT molecular complexity index is 642. The Morgan fingerprint density at radius 2 is 2.27 bits per heavy atom. The summed E-state index contributed by atoms with van der Waals surface area (Å²) >= 11 is 5.07. The van der Waals surface area contributed by atoms with Crippen LogP contribution in [0, 0.1) is 0 Å².